The lowest BCUT2D eigenvalue weighted by Crippen LogP contribution is -2.41. The summed E-state index contributed by atoms with van der Waals surface area (Å²) in [6.45, 7) is 1.60. The highest BCUT2D eigenvalue weighted by molar-refractivity contribution is 6.35. The molecule has 0 bridgehead atoms. The van der Waals surface area contributed by atoms with Crippen LogP contribution in [0.2, 0.25) is 10.0 Å². The highest BCUT2D eigenvalue weighted by Crippen LogP contribution is 2.35. The first-order chi connectivity index (χ1) is 13.4. The van der Waals surface area contributed by atoms with Gasteiger partial charge in [0.25, 0.3) is 5.91 Å². The molecule has 142 valence electrons. The molecule has 1 atom stereocenters. The largest absolute Gasteiger partial charge is 0.444 e. The molecule has 0 saturated carbocycles. The van der Waals surface area contributed by atoms with Gasteiger partial charge in [-0.05, 0) is 31.2 Å². The third kappa shape index (κ3) is 3.15. The zero-order chi connectivity index (χ0) is 19.9. The summed E-state index contributed by atoms with van der Waals surface area (Å²) in [5.74, 6) is -0.00264. The van der Waals surface area contributed by atoms with Gasteiger partial charge in [-0.3, -0.25) is 9.69 Å². The van der Waals surface area contributed by atoms with Gasteiger partial charge in [0.15, 0.2) is 0 Å². The molecule has 0 spiro atoms. The fourth-order valence-electron chi connectivity index (χ4n) is 3.17. The first kappa shape index (κ1) is 18.5. The summed E-state index contributed by atoms with van der Waals surface area (Å²) < 4.78 is 5.48. The van der Waals surface area contributed by atoms with Gasteiger partial charge in [-0.1, -0.05) is 47.5 Å². The van der Waals surface area contributed by atoms with Crippen LogP contribution in [0.4, 0.5) is 4.79 Å². The van der Waals surface area contributed by atoms with E-state index in [1.165, 1.54) is 12.3 Å². The molecular formula is C20H15Cl2N3O3. The SMILES string of the molecule is C[C@]1(c2ccc(Cl)cc2Cl)NC(=O)N(Cc2coc(-c3ccccc3)n2)C1=O. The number of imide groups is 1. The van der Waals surface area contributed by atoms with Gasteiger partial charge < -0.3 is 9.73 Å². The van der Waals surface area contributed by atoms with Crippen LogP contribution in [0.15, 0.2) is 59.2 Å². The van der Waals surface area contributed by atoms with Crippen molar-refractivity contribution in [3.05, 3.63) is 76.1 Å². The Hall–Kier alpha value is -2.83. The lowest BCUT2D eigenvalue weighted by molar-refractivity contribution is -0.131. The minimum absolute atomic E-state index is 0.0121. The Balaban J connectivity index is 1.59. The molecule has 1 N–H and O–H groups in total. The van der Waals surface area contributed by atoms with Gasteiger partial charge in [0.2, 0.25) is 5.89 Å². The average molecular weight is 416 g/mol. The maximum atomic E-state index is 13.0. The minimum Gasteiger partial charge on any atom is -0.444 e. The second kappa shape index (κ2) is 6.96. The van der Waals surface area contributed by atoms with Crippen molar-refractivity contribution in [2.75, 3.05) is 0 Å². The highest BCUT2D eigenvalue weighted by atomic mass is 35.5. The van der Waals surface area contributed by atoms with Crippen molar-refractivity contribution >= 4 is 35.1 Å². The van der Waals surface area contributed by atoms with Gasteiger partial charge in [0.1, 0.15) is 11.8 Å². The molecule has 4 rings (SSSR count). The maximum Gasteiger partial charge on any atom is 0.325 e. The van der Waals surface area contributed by atoms with Gasteiger partial charge in [-0.15, -0.1) is 0 Å². The molecule has 1 saturated heterocycles. The number of urea groups is 1. The van der Waals surface area contributed by atoms with Crippen molar-refractivity contribution < 1.29 is 14.0 Å². The predicted octanol–water partition coefficient (Wildman–Crippen LogP) is 4.62. The summed E-state index contributed by atoms with van der Waals surface area (Å²) in [5, 5.41) is 3.47. The molecule has 2 aromatic carbocycles. The van der Waals surface area contributed by atoms with Crippen LogP contribution in [0.25, 0.3) is 11.5 Å². The van der Waals surface area contributed by atoms with E-state index in [-0.39, 0.29) is 6.54 Å². The summed E-state index contributed by atoms with van der Waals surface area (Å²) in [6.07, 6.45) is 1.44. The number of benzene rings is 2. The lowest BCUT2D eigenvalue weighted by Gasteiger charge is -2.23. The minimum atomic E-state index is -1.29. The molecule has 1 aromatic heterocycles. The van der Waals surface area contributed by atoms with E-state index in [9.17, 15) is 9.59 Å². The second-order valence-electron chi connectivity index (χ2n) is 6.58. The van der Waals surface area contributed by atoms with E-state index in [1.54, 1.807) is 19.1 Å². The third-order valence-corrected chi connectivity index (χ3v) is 5.19. The van der Waals surface area contributed by atoms with Gasteiger partial charge in [-0.2, -0.15) is 0 Å². The number of carbonyl (C=O) groups excluding carboxylic acids is 2. The van der Waals surface area contributed by atoms with E-state index in [0.717, 1.165) is 10.5 Å². The Morgan fingerprint density at radius 2 is 1.89 bits per heavy atom. The lowest BCUT2D eigenvalue weighted by atomic mass is 9.92. The quantitative estimate of drug-likeness (QED) is 0.630. The van der Waals surface area contributed by atoms with Crippen LogP contribution >= 0.6 is 23.2 Å². The smallest absolute Gasteiger partial charge is 0.325 e. The first-order valence-corrected chi connectivity index (χ1v) is 9.23. The number of hydrogen-bond donors (Lipinski definition) is 1. The molecule has 1 fully saturated rings. The van der Waals surface area contributed by atoms with E-state index in [0.29, 0.717) is 27.2 Å². The van der Waals surface area contributed by atoms with Gasteiger partial charge in [-0.25, -0.2) is 9.78 Å². The Morgan fingerprint density at radius 1 is 1.14 bits per heavy atom. The van der Waals surface area contributed by atoms with Crippen LogP contribution in [0.1, 0.15) is 18.2 Å². The summed E-state index contributed by atoms with van der Waals surface area (Å²) in [6, 6.07) is 13.6. The second-order valence-corrected chi connectivity index (χ2v) is 7.42. The average Bonchev–Trinajstić information content (AvgIpc) is 3.22. The van der Waals surface area contributed by atoms with Crippen molar-refractivity contribution in [3.8, 4) is 11.5 Å². The summed E-state index contributed by atoms with van der Waals surface area (Å²) in [5.41, 5.74) is 0.465. The molecule has 1 aliphatic rings. The summed E-state index contributed by atoms with van der Waals surface area (Å²) >= 11 is 12.2. The molecule has 6 nitrogen and oxygen atoms in total. The van der Waals surface area contributed by atoms with E-state index >= 15 is 0 Å². The van der Waals surface area contributed by atoms with E-state index < -0.39 is 17.5 Å². The maximum absolute atomic E-state index is 13.0. The van der Waals surface area contributed by atoms with E-state index in [4.69, 9.17) is 27.6 Å². The molecule has 2 heterocycles. The zero-order valence-corrected chi connectivity index (χ0v) is 16.3. The van der Waals surface area contributed by atoms with E-state index in [2.05, 4.69) is 10.3 Å². The molecule has 1 aliphatic heterocycles. The van der Waals surface area contributed by atoms with Crippen LogP contribution in [-0.4, -0.2) is 21.8 Å². The topological polar surface area (TPSA) is 75.4 Å². The Kier molecular flexibility index (Phi) is 4.61. The van der Waals surface area contributed by atoms with Crippen LogP contribution in [0, 0.1) is 0 Å². The van der Waals surface area contributed by atoms with Crippen LogP contribution in [0.5, 0.6) is 0 Å². The normalized spacial score (nSPS) is 19.2. The molecule has 8 heteroatoms. The number of nitrogens with one attached hydrogen (secondary N) is 1. The van der Waals surface area contributed by atoms with Crippen LogP contribution in [-0.2, 0) is 16.9 Å². The van der Waals surface area contributed by atoms with Gasteiger partial charge in [0.05, 0.1) is 12.2 Å². The molecule has 28 heavy (non-hydrogen) atoms. The molecule has 0 radical (unpaired) electrons. The fourth-order valence-corrected chi connectivity index (χ4v) is 3.77. The third-order valence-electron chi connectivity index (χ3n) is 4.64. The molecule has 0 aliphatic carbocycles. The van der Waals surface area contributed by atoms with Crippen molar-refractivity contribution in [2.45, 2.75) is 19.0 Å². The molecular weight excluding hydrogens is 401 g/mol. The Morgan fingerprint density at radius 3 is 2.61 bits per heavy atom. The first-order valence-electron chi connectivity index (χ1n) is 8.48. The number of carbonyl (C=O) groups is 2. The monoisotopic (exact) mass is 415 g/mol. The number of nitrogens with zero attached hydrogens (tertiary/aromatic N) is 2. The number of halogens is 2. The molecule has 3 aromatic rings. The number of rotatable bonds is 4. The van der Waals surface area contributed by atoms with Crippen molar-refractivity contribution in [3.63, 3.8) is 0 Å². The number of hydrogen-bond acceptors (Lipinski definition) is 4. The molecule has 0 unspecified atom stereocenters. The predicted molar refractivity (Wildman–Crippen MR) is 105 cm³/mol. The Bertz CT molecular complexity index is 1070. The number of amides is 3. The standard InChI is InChI=1S/C20H15Cl2N3O3/c1-20(15-8-7-13(21)9-16(15)22)18(26)25(19(27)24-20)10-14-11-28-17(23-14)12-5-3-2-4-6-12/h2-9,11H,10H2,1H3,(H,24,27)/t20-/m1/s1. The number of oxazole rings is 1. The molecule has 3 amide bonds. The zero-order valence-electron chi connectivity index (χ0n) is 14.8. The van der Waals surface area contributed by atoms with Crippen LogP contribution in [0.3, 0.4) is 0 Å². The summed E-state index contributed by atoms with van der Waals surface area (Å²) in [7, 11) is 0. The van der Waals surface area contributed by atoms with Crippen LogP contribution < -0.4 is 5.32 Å². The Labute approximate surface area is 171 Å². The highest BCUT2D eigenvalue weighted by Gasteiger charge is 2.50. The van der Waals surface area contributed by atoms with Gasteiger partial charge in [0, 0.05) is 21.2 Å². The number of aromatic nitrogens is 1. The fraction of sp³-hybridized carbons (Fsp3) is 0.150. The van der Waals surface area contributed by atoms with Crippen molar-refractivity contribution in [2.24, 2.45) is 0 Å². The van der Waals surface area contributed by atoms with Crippen molar-refractivity contribution in [1.29, 1.82) is 0 Å². The van der Waals surface area contributed by atoms with E-state index in [1.807, 2.05) is 30.3 Å². The summed E-state index contributed by atoms with van der Waals surface area (Å²) in [4.78, 5) is 31.0. The van der Waals surface area contributed by atoms with Crippen molar-refractivity contribution in [1.82, 2.24) is 15.2 Å². The van der Waals surface area contributed by atoms with Gasteiger partial charge >= 0.3 is 6.03 Å².